The molecule has 0 unspecified atom stereocenters. The third-order valence-corrected chi connectivity index (χ3v) is 2.67. The summed E-state index contributed by atoms with van der Waals surface area (Å²) in [5, 5.41) is 0.0805. The maximum Gasteiger partial charge on any atom is 0.192 e. The van der Waals surface area contributed by atoms with Crippen molar-refractivity contribution in [1.29, 1.82) is 0 Å². The standard InChI is InChI=1S/C8H12N2O2S/c1-6(9)7-3-4-8(10-5-7)13(2,11)12/h3-6H,9H2,1-2H3/t6-/m0/s1. The molecule has 4 nitrogen and oxygen atoms in total. The minimum atomic E-state index is -3.20. The Morgan fingerprint density at radius 2 is 2.08 bits per heavy atom. The maximum atomic E-state index is 11.0. The first kappa shape index (κ1) is 10.1. The van der Waals surface area contributed by atoms with Crippen molar-refractivity contribution in [2.45, 2.75) is 18.0 Å². The quantitative estimate of drug-likeness (QED) is 0.754. The smallest absolute Gasteiger partial charge is 0.192 e. The minimum absolute atomic E-state index is 0.0805. The molecule has 0 bridgehead atoms. The van der Waals surface area contributed by atoms with E-state index in [9.17, 15) is 8.42 Å². The average Bonchev–Trinajstić information content (AvgIpc) is 2.03. The summed E-state index contributed by atoms with van der Waals surface area (Å²) in [4.78, 5) is 3.80. The van der Waals surface area contributed by atoms with Gasteiger partial charge in [0.05, 0.1) is 0 Å². The monoisotopic (exact) mass is 200 g/mol. The first-order valence-corrected chi connectivity index (χ1v) is 5.72. The highest BCUT2D eigenvalue weighted by molar-refractivity contribution is 7.90. The molecule has 0 spiro atoms. The third kappa shape index (κ3) is 2.50. The molecule has 1 aromatic heterocycles. The SMILES string of the molecule is C[C@H](N)c1ccc(S(C)(=O)=O)nc1. The van der Waals surface area contributed by atoms with E-state index in [4.69, 9.17) is 5.73 Å². The van der Waals surface area contributed by atoms with Crippen LogP contribution in [0.25, 0.3) is 0 Å². The zero-order chi connectivity index (χ0) is 10.1. The van der Waals surface area contributed by atoms with E-state index in [1.54, 1.807) is 6.07 Å². The van der Waals surface area contributed by atoms with Crippen LogP contribution in [0.1, 0.15) is 18.5 Å². The third-order valence-electron chi connectivity index (χ3n) is 1.66. The zero-order valence-electron chi connectivity index (χ0n) is 7.56. The number of nitrogens with two attached hydrogens (primary N) is 1. The molecule has 0 saturated heterocycles. The number of sulfone groups is 1. The van der Waals surface area contributed by atoms with Crippen LogP contribution in [0.4, 0.5) is 0 Å². The van der Waals surface area contributed by atoms with E-state index in [1.165, 1.54) is 12.3 Å². The Labute approximate surface area is 77.7 Å². The summed E-state index contributed by atoms with van der Waals surface area (Å²) in [6.45, 7) is 1.82. The van der Waals surface area contributed by atoms with Gasteiger partial charge in [0.1, 0.15) is 0 Å². The van der Waals surface area contributed by atoms with Crippen molar-refractivity contribution in [3.05, 3.63) is 23.9 Å². The number of aromatic nitrogens is 1. The summed E-state index contributed by atoms with van der Waals surface area (Å²) in [7, 11) is -3.20. The Morgan fingerprint density at radius 1 is 1.46 bits per heavy atom. The molecule has 0 aliphatic rings. The zero-order valence-corrected chi connectivity index (χ0v) is 8.38. The summed E-state index contributed by atoms with van der Waals surface area (Å²) >= 11 is 0. The second kappa shape index (κ2) is 3.43. The maximum absolute atomic E-state index is 11.0. The summed E-state index contributed by atoms with van der Waals surface area (Å²) in [5.41, 5.74) is 6.41. The van der Waals surface area contributed by atoms with E-state index in [2.05, 4.69) is 4.98 Å². The molecule has 1 heterocycles. The Kier molecular flexibility index (Phi) is 2.68. The van der Waals surface area contributed by atoms with Crippen molar-refractivity contribution in [2.24, 2.45) is 5.73 Å². The van der Waals surface area contributed by atoms with Crippen LogP contribution in [0.5, 0.6) is 0 Å². The molecule has 1 rings (SSSR count). The Balaban J connectivity index is 3.08. The molecular weight excluding hydrogens is 188 g/mol. The summed E-state index contributed by atoms with van der Waals surface area (Å²) in [6.07, 6.45) is 2.61. The summed E-state index contributed by atoms with van der Waals surface area (Å²) < 4.78 is 22.0. The fourth-order valence-electron chi connectivity index (χ4n) is 0.880. The lowest BCUT2D eigenvalue weighted by molar-refractivity contribution is 0.598. The lowest BCUT2D eigenvalue weighted by Crippen LogP contribution is -2.07. The average molecular weight is 200 g/mol. The van der Waals surface area contributed by atoms with Crippen LogP contribution in [-0.4, -0.2) is 19.7 Å². The molecule has 1 aromatic rings. The molecular formula is C8H12N2O2S. The molecule has 5 heteroatoms. The van der Waals surface area contributed by atoms with Crippen LogP contribution in [0.2, 0.25) is 0 Å². The van der Waals surface area contributed by atoms with E-state index < -0.39 is 9.84 Å². The summed E-state index contributed by atoms with van der Waals surface area (Å²) in [6, 6.07) is 3.02. The van der Waals surface area contributed by atoms with Crippen molar-refractivity contribution in [2.75, 3.05) is 6.26 Å². The van der Waals surface area contributed by atoms with E-state index in [1.807, 2.05) is 6.92 Å². The van der Waals surface area contributed by atoms with Gasteiger partial charge in [0.15, 0.2) is 14.9 Å². The van der Waals surface area contributed by atoms with Gasteiger partial charge in [0.2, 0.25) is 0 Å². The highest BCUT2D eigenvalue weighted by atomic mass is 32.2. The Bertz CT molecular complexity index is 381. The van der Waals surface area contributed by atoms with Crippen LogP contribution in [0, 0.1) is 0 Å². The van der Waals surface area contributed by atoms with Gasteiger partial charge in [0, 0.05) is 18.5 Å². The number of rotatable bonds is 2. The van der Waals surface area contributed by atoms with Gasteiger partial charge in [-0.25, -0.2) is 13.4 Å². The number of pyridine rings is 1. The topological polar surface area (TPSA) is 73.1 Å². The minimum Gasteiger partial charge on any atom is -0.324 e. The van der Waals surface area contributed by atoms with E-state index in [0.717, 1.165) is 11.8 Å². The normalized spacial score (nSPS) is 14.1. The molecule has 13 heavy (non-hydrogen) atoms. The van der Waals surface area contributed by atoms with Crippen LogP contribution < -0.4 is 5.73 Å². The Hall–Kier alpha value is -0.940. The fraction of sp³-hybridized carbons (Fsp3) is 0.375. The lowest BCUT2D eigenvalue weighted by Gasteiger charge is -2.04. The van der Waals surface area contributed by atoms with Gasteiger partial charge in [-0.2, -0.15) is 0 Å². The van der Waals surface area contributed by atoms with E-state index >= 15 is 0 Å². The van der Waals surface area contributed by atoms with Crippen molar-refractivity contribution in [1.82, 2.24) is 4.98 Å². The van der Waals surface area contributed by atoms with Gasteiger partial charge >= 0.3 is 0 Å². The van der Waals surface area contributed by atoms with Gasteiger partial charge in [-0.15, -0.1) is 0 Å². The molecule has 0 amide bonds. The van der Waals surface area contributed by atoms with Crippen molar-refractivity contribution in [3.8, 4) is 0 Å². The van der Waals surface area contributed by atoms with Crippen molar-refractivity contribution < 1.29 is 8.42 Å². The first-order valence-electron chi connectivity index (χ1n) is 3.83. The van der Waals surface area contributed by atoms with Crippen molar-refractivity contribution in [3.63, 3.8) is 0 Å². The fourth-order valence-corrected chi connectivity index (χ4v) is 1.44. The van der Waals surface area contributed by atoms with Crippen molar-refractivity contribution >= 4 is 9.84 Å². The molecule has 0 saturated carbocycles. The van der Waals surface area contributed by atoms with Crippen LogP contribution >= 0.6 is 0 Å². The molecule has 0 aliphatic heterocycles. The lowest BCUT2D eigenvalue weighted by atomic mass is 10.2. The second-order valence-electron chi connectivity index (χ2n) is 2.99. The van der Waals surface area contributed by atoms with Crippen LogP contribution in [-0.2, 0) is 9.84 Å². The number of hydrogen-bond donors (Lipinski definition) is 1. The molecule has 0 radical (unpaired) electrons. The summed E-state index contributed by atoms with van der Waals surface area (Å²) in [5.74, 6) is 0. The number of nitrogens with zero attached hydrogens (tertiary/aromatic N) is 1. The van der Waals surface area contributed by atoms with Gasteiger partial charge in [-0.3, -0.25) is 0 Å². The first-order chi connectivity index (χ1) is 5.91. The van der Waals surface area contributed by atoms with Crippen LogP contribution in [0.3, 0.4) is 0 Å². The second-order valence-corrected chi connectivity index (χ2v) is 4.95. The number of hydrogen-bond acceptors (Lipinski definition) is 4. The van der Waals surface area contributed by atoms with Gasteiger partial charge in [0.25, 0.3) is 0 Å². The molecule has 0 aromatic carbocycles. The molecule has 72 valence electrons. The van der Waals surface area contributed by atoms with E-state index in [-0.39, 0.29) is 11.1 Å². The largest absolute Gasteiger partial charge is 0.324 e. The van der Waals surface area contributed by atoms with Gasteiger partial charge in [-0.1, -0.05) is 6.07 Å². The van der Waals surface area contributed by atoms with Crippen LogP contribution in [0.15, 0.2) is 23.4 Å². The molecule has 1 atom stereocenters. The highest BCUT2D eigenvalue weighted by Gasteiger charge is 2.08. The molecule has 2 N–H and O–H groups in total. The predicted octanol–water partition coefficient (Wildman–Crippen LogP) is 0.505. The molecule has 0 fully saturated rings. The Morgan fingerprint density at radius 3 is 2.38 bits per heavy atom. The molecule has 0 aliphatic carbocycles. The van der Waals surface area contributed by atoms with E-state index in [0.29, 0.717) is 0 Å². The predicted molar refractivity (Wildman–Crippen MR) is 49.9 cm³/mol. The van der Waals surface area contributed by atoms with Gasteiger partial charge in [-0.05, 0) is 18.6 Å². The highest BCUT2D eigenvalue weighted by Crippen LogP contribution is 2.10. The van der Waals surface area contributed by atoms with Gasteiger partial charge < -0.3 is 5.73 Å².